The predicted octanol–water partition coefficient (Wildman–Crippen LogP) is 4.11. The van der Waals surface area contributed by atoms with Crippen LogP contribution in [0.4, 0.5) is 16.2 Å². The second kappa shape index (κ2) is 10.7. The molecule has 0 spiro atoms. The number of amides is 4. The molecule has 3 aromatic rings. The Morgan fingerprint density at radius 1 is 0.886 bits per heavy atom. The van der Waals surface area contributed by atoms with Crippen LogP contribution in [0.3, 0.4) is 0 Å². The van der Waals surface area contributed by atoms with Crippen LogP contribution >= 0.6 is 0 Å². The first-order chi connectivity index (χ1) is 17.0. The number of nitrogens with one attached hydrogen (secondary N) is 1. The molecule has 1 aliphatic rings. The van der Waals surface area contributed by atoms with Gasteiger partial charge in [0.2, 0.25) is 5.91 Å². The van der Waals surface area contributed by atoms with Crippen LogP contribution in [0.5, 0.6) is 11.5 Å². The lowest BCUT2D eigenvalue weighted by atomic mass is 10.1. The highest BCUT2D eigenvalue weighted by Gasteiger charge is 2.46. The third-order valence-corrected chi connectivity index (χ3v) is 5.87. The molecule has 1 aliphatic heterocycles. The second-order valence-electron chi connectivity index (χ2n) is 8.08. The van der Waals surface area contributed by atoms with Crippen molar-refractivity contribution in [2.24, 2.45) is 0 Å². The van der Waals surface area contributed by atoms with E-state index in [1.807, 2.05) is 42.5 Å². The number of rotatable bonds is 9. The van der Waals surface area contributed by atoms with Crippen molar-refractivity contribution in [3.05, 3.63) is 84.4 Å². The SMILES string of the molecule is COc1ccc(CCN2C(=O)N(c3cccc(OC)c3)C(=O)[C@H]2CC(=O)Nc2ccccc2)cc1. The Morgan fingerprint density at radius 3 is 2.29 bits per heavy atom. The first-order valence-electron chi connectivity index (χ1n) is 11.3. The van der Waals surface area contributed by atoms with Gasteiger partial charge in [0.25, 0.3) is 5.91 Å². The molecule has 0 aromatic heterocycles. The number of benzene rings is 3. The van der Waals surface area contributed by atoms with E-state index in [-0.39, 0.29) is 18.9 Å². The van der Waals surface area contributed by atoms with Gasteiger partial charge in [-0.2, -0.15) is 0 Å². The Balaban J connectivity index is 1.56. The van der Waals surface area contributed by atoms with E-state index in [2.05, 4.69) is 5.32 Å². The first-order valence-corrected chi connectivity index (χ1v) is 11.3. The van der Waals surface area contributed by atoms with Crippen LogP contribution < -0.4 is 19.7 Å². The van der Waals surface area contributed by atoms with Gasteiger partial charge in [-0.15, -0.1) is 0 Å². The van der Waals surface area contributed by atoms with E-state index in [1.165, 1.54) is 12.0 Å². The summed E-state index contributed by atoms with van der Waals surface area (Å²) in [5.41, 5.74) is 2.02. The maximum Gasteiger partial charge on any atom is 0.332 e. The minimum atomic E-state index is -0.921. The van der Waals surface area contributed by atoms with Gasteiger partial charge >= 0.3 is 6.03 Å². The highest BCUT2D eigenvalue weighted by Crippen LogP contribution is 2.30. The zero-order chi connectivity index (χ0) is 24.8. The number of hydrogen-bond donors (Lipinski definition) is 1. The predicted molar refractivity (Wildman–Crippen MR) is 133 cm³/mol. The summed E-state index contributed by atoms with van der Waals surface area (Å²) < 4.78 is 10.5. The van der Waals surface area contributed by atoms with Crippen LogP contribution in [0, 0.1) is 0 Å². The summed E-state index contributed by atoms with van der Waals surface area (Å²) in [7, 11) is 3.12. The molecule has 0 radical (unpaired) electrons. The van der Waals surface area contributed by atoms with E-state index in [0.29, 0.717) is 23.5 Å². The van der Waals surface area contributed by atoms with Gasteiger partial charge in [-0.3, -0.25) is 9.59 Å². The number of nitrogens with zero attached hydrogens (tertiary/aromatic N) is 2. The van der Waals surface area contributed by atoms with Gasteiger partial charge in [0, 0.05) is 18.3 Å². The number of imide groups is 1. The summed E-state index contributed by atoms with van der Waals surface area (Å²) in [6.45, 7) is 0.278. The molecule has 1 fully saturated rings. The van der Waals surface area contributed by atoms with E-state index in [4.69, 9.17) is 9.47 Å². The number of carbonyl (C=O) groups is 3. The Kier molecular flexibility index (Phi) is 7.30. The van der Waals surface area contributed by atoms with Crippen LogP contribution in [-0.2, 0) is 16.0 Å². The number of urea groups is 1. The lowest BCUT2D eigenvalue weighted by Crippen LogP contribution is -2.39. The Morgan fingerprint density at radius 2 is 1.60 bits per heavy atom. The Labute approximate surface area is 204 Å². The third-order valence-electron chi connectivity index (χ3n) is 5.87. The molecule has 1 saturated heterocycles. The van der Waals surface area contributed by atoms with Crippen molar-refractivity contribution in [2.75, 3.05) is 31.0 Å². The molecule has 0 unspecified atom stereocenters. The standard InChI is InChI=1S/C27H27N3O5/c1-34-22-13-11-19(12-14-22)15-16-29-24(18-25(31)28-20-7-4-3-5-8-20)26(32)30(27(29)33)21-9-6-10-23(17-21)35-2/h3-14,17,24H,15-16,18H2,1-2H3,(H,28,31)/t24-/m1/s1. The third kappa shape index (κ3) is 5.43. The maximum atomic E-state index is 13.4. The molecular weight excluding hydrogens is 446 g/mol. The van der Waals surface area contributed by atoms with Crippen molar-refractivity contribution in [1.29, 1.82) is 0 Å². The zero-order valence-corrected chi connectivity index (χ0v) is 19.6. The molecular formula is C27H27N3O5. The topological polar surface area (TPSA) is 88.2 Å². The lowest BCUT2D eigenvalue weighted by molar-refractivity contribution is -0.124. The summed E-state index contributed by atoms with van der Waals surface area (Å²) in [6.07, 6.45) is 0.369. The monoisotopic (exact) mass is 473 g/mol. The molecule has 8 nitrogen and oxygen atoms in total. The average Bonchev–Trinajstić information content (AvgIpc) is 3.11. The lowest BCUT2D eigenvalue weighted by Gasteiger charge is -2.21. The fraction of sp³-hybridized carbons (Fsp3) is 0.222. The largest absolute Gasteiger partial charge is 0.497 e. The fourth-order valence-electron chi connectivity index (χ4n) is 4.03. The molecule has 35 heavy (non-hydrogen) atoms. The first kappa shape index (κ1) is 23.8. The van der Waals surface area contributed by atoms with Crippen molar-refractivity contribution in [3.8, 4) is 11.5 Å². The van der Waals surface area contributed by atoms with Crippen LogP contribution in [-0.4, -0.2) is 49.6 Å². The minimum absolute atomic E-state index is 0.150. The fourth-order valence-corrected chi connectivity index (χ4v) is 4.03. The molecule has 8 heteroatoms. The number of carbonyl (C=O) groups excluding carboxylic acids is 3. The number of para-hydroxylation sites is 1. The van der Waals surface area contributed by atoms with Gasteiger partial charge in [-0.05, 0) is 48.4 Å². The molecule has 1 heterocycles. The number of hydrogen-bond acceptors (Lipinski definition) is 5. The molecule has 4 rings (SSSR count). The van der Waals surface area contributed by atoms with Gasteiger partial charge in [0.1, 0.15) is 17.5 Å². The van der Waals surface area contributed by atoms with Crippen molar-refractivity contribution in [1.82, 2.24) is 4.90 Å². The van der Waals surface area contributed by atoms with Crippen LogP contribution in [0.2, 0.25) is 0 Å². The quantitative estimate of drug-likeness (QED) is 0.473. The van der Waals surface area contributed by atoms with Gasteiger partial charge in [0.05, 0.1) is 26.3 Å². The normalized spacial score (nSPS) is 15.3. The van der Waals surface area contributed by atoms with Gasteiger partial charge < -0.3 is 19.7 Å². The van der Waals surface area contributed by atoms with Gasteiger partial charge in [-0.25, -0.2) is 9.69 Å². The molecule has 1 atom stereocenters. The summed E-state index contributed by atoms with van der Waals surface area (Å²) in [5, 5.41) is 2.80. The summed E-state index contributed by atoms with van der Waals surface area (Å²) in [5.74, 6) is 0.476. The molecule has 4 amide bonds. The molecule has 0 aliphatic carbocycles. The highest BCUT2D eigenvalue weighted by molar-refractivity contribution is 6.22. The highest BCUT2D eigenvalue weighted by atomic mass is 16.5. The molecule has 0 saturated carbocycles. The molecule has 3 aromatic carbocycles. The molecule has 180 valence electrons. The summed E-state index contributed by atoms with van der Waals surface area (Å²) in [6, 6.07) is 21.9. The van der Waals surface area contributed by atoms with Crippen LogP contribution in [0.25, 0.3) is 0 Å². The van der Waals surface area contributed by atoms with Gasteiger partial charge in [-0.1, -0.05) is 36.4 Å². The van der Waals surface area contributed by atoms with E-state index < -0.39 is 18.0 Å². The number of ether oxygens (including phenoxy) is 2. The van der Waals surface area contributed by atoms with Crippen molar-refractivity contribution in [3.63, 3.8) is 0 Å². The number of anilines is 2. The Hall–Kier alpha value is -4.33. The molecule has 0 bridgehead atoms. The van der Waals surface area contributed by atoms with E-state index in [9.17, 15) is 14.4 Å². The molecule has 1 N–H and O–H groups in total. The minimum Gasteiger partial charge on any atom is -0.497 e. The second-order valence-corrected chi connectivity index (χ2v) is 8.08. The van der Waals surface area contributed by atoms with E-state index in [0.717, 1.165) is 16.2 Å². The van der Waals surface area contributed by atoms with Gasteiger partial charge in [0.15, 0.2) is 0 Å². The summed E-state index contributed by atoms with van der Waals surface area (Å²) in [4.78, 5) is 42.3. The summed E-state index contributed by atoms with van der Waals surface area (Å²) >= 11 is 0. The smallest absolute Gasteiger partial charge is 0.332 e. The van der Waals surface area contributed by atoms with E-state index in [1.54, 1.807) is 43.5 Å². The average molecular weight is 474 g/mol. The zero-order valence-electron chi connectivity index (χ0n) is 19.6. The van der Waals surface area contributed by atoms with Crippen molar-refractivity contribution in [2.45, 2.75) is 18.9 Å². The van der Waals surface area contributed by atoms with Crippen molar-refractivity contribution < 1.29 is 23.9 Å². The van der Waals surface area contributed by atoms with Crippen molar-refractivity contribution >= 4 is 29.2 Å². The van der Waals surface area contributed by atoms with E-state index >= 15 is 0 Å². The van der Waals surface area contributed by atoms with Crippen LogP contribution in [0.15, 0.2) is 78.9 Å². The van der Waals surface area contributed by atoms with Crippen LogP contribution in [0.1, 0.15) is 12.0 Å². The maximum absolute atomic E-state index is 13.4. The number of methoxy groups -OCH3 is 2. The Bertz CT molecular complexity index is 1200.